The van der Waals surface area contributed by atoms with Gasteiger partial charge in [-0.3, -0.25) is 14.6 Å². The molecule has 0 spiro atoms. The van der Waals surface area contributed by atoms with E-state index >= 15 is 0 Å². The van der Waals surface area contributed by atoms with Crippen LogP contribution in [-0.4, -0.2) is 22.0 Å². The fourth-order valence-electron chi connectivity index (χ4n) is 2.90. The summed E-state index contributed by atoms with van der Waals surface area (Å²) in [6.45, 7) is 3.93. The standard InChI is InChI=1S/C15H20N2O3/c1-3-10-5-12(13(6-10)15(19)20)14(18)17-11-4-9(2)7-16-8-11/h4,7-8,10,12-13H,3,5-6H2,1-2H3,(H,17,18)(H,19,20)/t10?,12-,13+/m0/s1. The molecule has 2 rings (SSSR count). The molecule has 1 fully saturated rings. The number of carboxylic acids is 1. The smallest absolute Gasteiger partial charge is 0.307 e. The lowest BCUT2D eigenvalue weighted by Gasteiger charge is -2.15. The minimum atomic E-state index is -0.872. The third-order valence-electron chi connectivity index (χ3n) is 4.03. The van der Waals surface area contributed by atoms with Gasteiger partial charge in [0.05, 0.1) is 23.7 Å². The Kier molecular flexibility index (Phi) is 4.37. The van der Waals surface area contributed by atoms with Gasteiger partial charge in [0.2, 0.25) is 5.91 Å². The lowest BCUT2D eigenvalue weighted by molar-refractivity contribution is -0.145. The number of carboxylic acid groups (broad SMARTS) is 1. The Balaban J connectivity index is 2.09. The highest BCUT2D eigenvalue weighted by atomic mass is 16.4. The molecule has 1 aliphatic rings. The zero-order valence-corrected chi connectivity index (χ0v) is 11.8. The van der Waals surface area contributed by atoms with Gasteiger partial charge in [0.1, 0.15) is 0 Å². The first kappa shape index (κ1) is 14.5. The number of pyridine rings is 1. The molecule has 20 heavy (non-hydrogen) atoms. The van der Waals surface area contributed by atoms with Crippen molar-refractivity contribution in [2.75, 3.05) is 5.32 Å². The zero-order chi connectivity index (χ0) is 14.7. The van der Waals surface area contributed by atoms with E-state index < -0.39 is 17.8 Å². The van der Waals surface area contributed by atoms with Crippen LogP contribution in [0, 0.1) is 24.7 Å². The maximum Gasteiger partial charge on any atom is 0.307 e. The number of hydrogen-bond donors (Lipinski definition) is 2. The molecule has 5 nitrogen and oxygen atoms in total. The number of hydrogen-bond acceptors (Lipinski definition) is 3. The SMILES string of the molecule is CCC1C[C@H](C(=O)Nc2cncc(C)c2)[C@H](C(=O)O)C1. The molecule has 1 aromatic rings. The van der Waals surface area contributed by atoms with Gasteiger partial charge in [0.25, 0.3) is 0 Å². The second-order valence-electron chi connectivity index (χ2n) is 5.54. The van der Waals surface area contributed by atoms with Gasteiger partial charge in [-0.25, -0.2) is 0 Å². The number of nitrogens with one attached hydrogen (secondary N) is 1. The third kappa shape index (κ3) is 3.15. The number of carbonyl (C=O) groups excluding carboxylic acids is 1. The van der Waals surface area contributed by atoms with Crippen LogP contribution in [0.2, 0.25) is 0 Å². The molecular weight excluding hydrogens is 256 g/mol. The molecule has 1 unspecified atom stereocenters. The number of nitrogens with zero attached hydrogens (tertiary/aromatic N) is 1. The van der Waals surface area contributed by atoms with Crippen molar-refractivity contribution in [2.45, 2.75) is 33.1 Å². The topological polar surface area (TPSA) is 79.3 Å². The molecule has 1 aromatic heterocycles. The number of aryl methyl sites for hydroxylation is 1. The Labute approximate surface area is 118 Å². The molecule has 0 bridgehead atoms. The van der Waals surface area contributed by atoms with Crippen LogP contribution < -0.4 is 5.32 Å². The van der Waals surface area contributed by atoms with E-state index in [1.165, 1.54) is 0 Å². The zero-order valence-electron chi connectivity index (χ0n) is 11.8. The molecule has 0 aliphatic heterocycles. The van der Waals surface area contributed by atoms with E-state index in [-0.39, 0.29) is 5.91 Å². The second-order valence-corrected chi connectivity index (χ2v) is 5.54. The largest absolute Gasteiger partial charge is 0.481 e. The van der Waals surface area contributed by atoms with E-state index in [2.05, 4.69) is 10.3 Å². The van der Waals surface area contributed by atoms with Crippen LogP contribution in [0.3, 0.4) is 0 Å². The van der Waals surface area contributed by atoms with E-state index in [0.717, 1.165) is 12.0 Å². The van der Waals surface area contributed by atoms with Crippen molar-refractivity contribution in [3.63, 3.8) is 0 Å². The fourth-order valence-corrected chi connectivity index (χ4v) is 2.90. The molecule has 0 saturated heterocycles. The number of aliphatic carboxylic acids is 1. The summed E-state index contributed by atoms with van der Waals surface area (Å²) in [4.78, 5) is 27.6. The van der Waals surface area contributed by atoms with Crippen molar-refractivity contribution in [2.24, 2.45) is 17.8 Å². The molecule has 1 saturated carbocycles. The average Bonchev–Trinajstić information content (AvgIpc) is 2.83. The number of anilines is 1. The first-order valence-corrected chi connectivity index (χ1v) is 6.96. The Morgan fingerprint density at radius 1 is 1.35 bits per heavy atom. The third-order valence-corrected chi connectivity index (χ3v) is 4.03. The van der Waals surface area contributed by atoms with Crippen molar-refractivity contribution in [3.8, 4) is 0 Å². The number of carbonyl (C=O) groups is 2. The predicted octanol–water partition coefficient (Wildman–Crippen LogP) is 2.47. The predicted molar refractivity (Wildman–Crippen MR) is 75.2 cm³/mol. The maximum atomic E-state index is 12.3. The van der Waals surface area contributed by atoms with Gasteiger partial charge >= 0.3 is 5.97 Å². The maximum absolute atomic E-state index is 12.3. The molecule has 3 atom stereocenters. The molecule has 1 heterocycles. The summed E-state index contributed by atoms with van der Waals surface area (Å²) in [6.07, 6.45) is 5.44. The quantitative estimate of drug-likeness (QED) is 0.885. The summed E-state index contributed by atoms with van der Waals surface area (Å²) in [5.74, 6) is -1.78. The number of aromatic nitrogens is 1. The Morgan fingerprint density at radius 2 is 2.05 bits per heavy atom. The van der Waals surface area contributed by atoms with Crippen LogP contribution >= 0.6 is 0 Å². The number of amides is 1. The van der Waals surface area contributed by atoms with Crippen LogP contribution in [0.25, 0.3) is 0 Å². The number of rotatable bonds is 4. The summed E-state index contributed by atoms with van der Waals surface area (Å²) in [6, 6.07) is 1.83. The summed E-state index contributed by atoms with van der Waals surface area (Å²) in [7, 11) is 0. The highest BCUT2D eigenvalue weighted by Gasteiger charge is 2.42. The fraction of sp³-hybridized carbons (Fsp3) is 0.533. The van der Waals surface area contributed by atoms with Crippen molar-refractivity contribution < 1.29 is 14.7 Å². The molecule has 2 N–H and O–H groups in total. The summed E-state index contributed by atoms with van der Waals surface area (Å²) in [5.41, 5.74) is 1.58. The average molecular weight is 276 g/mol. The van der Waals surface area contributed by atoms with Gasteiger partial charge in [-0.05, 0) is 37.3 Å². The van der Waals surface area contributed by atoms with Gasteiger partial charge in [-0.15, -0.1) is 0 Å². The van der Waals surface area contributed by atoms with Crippen molar-refractivity contribution in [1.82, 2.24) is 4.98 Å². The summed E-state index contributed by atoms with van der Waals surface area (Å²) < 4.78 is 0. The Hall–Kier alpha value is -1.91. The van der Waals surface area contributed by atoms with Crippen LogP contribution in [0.1, 0.15) is 31.7 Å². The highest BCUT2D eigenvalue weighted by Crippen LogP contribution is 2.38. The van der Waals surface area contributed by atoms with E-state index in [1.807, 2.05) is 19.9 Å². The molecule has 1 aliphatic carbocycles. The Morgan fingerprint density at radius 3 is 2.65 bits per heavy atom. The minimum Gasteiger partial charge on any atom is -0.481 e. The van der Waals surface area contributed by atoms with E-state index in [9.17, 15) is 14.7 Å². The summed E-state index contributed by atoms with van der Waals surface area (Å²) >= 11 is 0. The molecule has 108 valence electrons. The second kappa shape index (κ2) is 6.03. The van der Waals surface area contributed by atoms with Crippen LogP contribution in [0.15, 0.2) is 18.5 Å². The van der Waals surface area contributed by atoms with Crippen molar-refractivity contribution in [1.29, 1.82) is 0 Å². The molecular formula is C15H20N2O3. The minimum absolute atomic E-state index is 0.208. The normalized spacial score (nSPS) is 25.4. The molecule has 5 heteroatoms. The highest BCUT2D eigenvalue weighted by molar-refractivity contribution is 5.95. The van der Waals surface area contributed by atoms with Gasteiger partial charge in [0, 0.05) is 6.20 Å². The summed E-state index contributed by atoms with van der Waals surface area (Å²) in [5, 5.41) is 12.1. The Bertz CT molecular complexity index is 516. The van der Waals surface area contributed by atoms with Gasteiger partial charge in [-0.1, -0.05) is 13.3 Å². The first-order chi connectivity index (χ1) is 9.51. The van der Waals surface area contributed by atoms with Crippen LogP contribution in [0.4, 0.5) is 5.69 Å². The molecule has 1 amide bonds. The van der Waals surface area contributed by atoms with Gasteiger partial charge < -0.3 is 10.4 Å². The van der Waals surface area contributed by atoms with Crippen molar-refractivity contribution >= 4 is 17.6 Å². The van der Waals surface area contributed by atoms with Gasteiger partial charge in [-0.2, -0.15) is 0 Å². The van der Waals surface area contributed by atoms with Crippen LogP contribution in [0.5, 0.6) is 0 Å². The first-order valence-electron chi connectivity index (χ1n) is 6.96. The monoisotopic (exact) mass is 276 g/mol. The lowest BCUT2D eigenvalue weighted by Crippen LogP contribution is -2.30. The van der Waals surface area contributed by atoms with Gasteiger partial charge in [0.15, 0.2) is 0 Å². The van der Waals surface area contributed by atoms with Crippen molar-refractivity contribution in [3.05, 3.63) is 24.0 Å². The van der Waals surface area contributed by atoms with Crippen LogP contribution in [-0.2, 0) is 9.59 Å². The van der Waals surface area contributed by atoms with E-state index in [1.54, 1.807) is 12.4 Å². The molecule has 0 radical (unpaired) electrons. The van der Waals surface area contributed by atoms with E-state index in [4.69, 9.17) is 0 Å². The lowest BCUT2D eigenvalue weighted by atomic mass is 9.95. The van der Waals surface area contributed by atoms with E-state index in [0.29, 0.717) is 24.4 Å². The molecule has 0 aromatic carbocycles.